The summed E-state index contributed by atoms with van der Waals surface area (Å²) in [7, 11) is 0. The molecule has 1 aliphatic heterocycles. The topological polar surface area (TPSA) is 84.4 Å². The number of hydrogen-bond donors (Lipinski definition) is 1. The van der Waals surface area contributed by atoms with Gasteiger partial charge in [0.1, 0.15) is 12.4 Å². The smallest absolute Gasteiger partial charge is 0.223 e. The molecule has 3 heterocycles. The van der Waals surface area contributed by atoms with Gasteiger partial charge in [-0.2, -0.15) is 0 Å². The molecule has 1 N–H and O–H groups in total. The molecule has 4 rings (SSSR count). The Balaban J connectivity index is 1.46. The highest BCUT2D eigenvalue weighted by Crippen LogP contribution is 2.31. The van der Waals surface area contributed by atoms with Crippen LogP contribution < -0.4 is 10.1 Å². The van der Waals surface area contributed by atoms with E-state index in [1.54, 1.807) is 12.4 Å². The Hall–Kier alpha value is -3.00. The van der Waals surface area contributed by atoms with Crippen molar-refractivity contribution in [2.45, 2.75) is 32.7 Å². The van der Waals surface area contributed by atoms with Crippen LogP contribution in [0.3, 0.4) is 0 Å². The van der Waals surface area contributed by atoms with Crippen LogP contribution in [-0.2, 0) is 9.59 Å². The van der Waals surface area contributed by atoms with Crippen molar-refractivity contribution in [2.75, 3.05) is 18.5 Å². The van der Waals surface area contributed by atoms with E-state index < -0.39 is 0 Å². The van der Waals surface area contributed by atoms with Gasteiger partial charge >= 0.3 is 0 Å². The van der Waals surface area contributed by atoms with Gasteiger partial charge in [0, 0.05) is 31.1 Å². The number of nitrogens with zero attached hydrogens (tertiary/aromatic N) is 3. The lowest BCUT2D eigenvalue weighted by molar-refractivity contribution is -0.129. The summed E-state index contributed by atoms with van der Waals surface area (Å²) in [6.45, 7) is 4.56. The van der Waals surface area contributed by atoms with Crippen molar-refractivity contribution in [3.8, 4) is 16.9 Å². The Labute approximate surface area is 172 Å². The monoisotopic (exact) mass is 410 g/mol. The number of carbonyl (C=O) groups excluding carboxylic acids is 2. The number of anilines is 1. The number of nitrogens with one attached hydrogen (secondary N) is 1. The molecule has 0 aliphatic carbocycles. The van der Waals surface area contributed by atoms with E-state index in [2.05, 4.69) is 22.2 Å². The number of fused-ring (bicyclic) bond motifs is 1. The van der Waals surface area contributed by atoms with Crippen LogP contribution in [0.1, 0.15) is 26.7 Å². The molecular weight excluding hydrogens is 388 g/mol. The summed E-state index contributed by atoms with van der Waals surface area (Å²) in [4.78, 5) is 33.7. The van der Waals surface area contributed by atoms with Crippen LogP contribution in [0, 0.1) is 0 Å². The zero-order valence-corrected chi connectivity index (χ0v) is 17.2. The lowest BCUT2D eigenvalue weighted by atomic mass is 10.1. The van der Waals surface area contributed by atoms with E-state index in [-0.39, 0.29) is 17.9 Å². The van der Waals surface area contributed by atoms with Crippen molar-refractivity contribution in [1.82, 2.24) is 14.9 Å². The summed E-state index contributed by atoms with van der Waals surface area (Å²) >= 11 is 1.43. The van der Waals surface area contributed by atoms with E-state index in [4.69, 9.17) is 4.74 Å². The van der Waals surface area contributed by atoms with E-state index >= 15 is 0 Å². The summed E-state index contributed by atoms with van der Waals surface area (Å²) in [5, 5.41) is 3.31. The molecule has 0 spiro atoms. The van der Waals surface area contributed by atoms with Crippen LogP contribution in [0.5, 0.6) is 5.75 Å². The Kier molecular flexibility index (Phi) is 5.44. The van der Waals surface area contributed by atoms with E-state index in [1.165, 1.54) is 18.3 Å². The van der Waals surface area contributed by atoms with Crippen LogP contribution in [0.2, 0.25) is 0 Å². The summed E-state index contributed by atoms with van der Waals surface area (Å²) in [6, 6.07) is 8.16. The van der Waals surface area contributed by atoms with Crippen LogP contribution in [0.4, 0.5) is 5.13 Å². The van der Waals surface area contributed by atoms with Gasteiger partial charge < -0.3 is 15.0 Å². The number of ether oxygens (including phenoxy) is 1. The molecule has 1 saturated heterocycles. The fourth-order valence-electron chi connectivity index (χ4n) is 3.45. The van der Waals surface area contributed by atoms with Gasteiger partial charge in [0.2, 0.25) is 11.8 Å². The molecule has 150 valence electrons. The number of pyridine rings is 1. The summed E-state index contributed by atoms with van der Waals surface area (Å²) in [6.07, 6.45) is 5.01. The molecule has 3 aromatic rings. The van der Waals surface area contributed by atoms with Crippen molar-refractivity contribution in [3.63, 3.8) is 0 Å². The first-order chi connectivity index (χ1) is 14.0. The predicted octanol–water partition coefficient (Wildman–Crippen LogP) is 3.71. The second kappa shape index (κ2) is 8.16. The van der Waals surface area contributed by atoms with Gasteiger partial charge in [-0.25, -0.2) is 4.98 Å². The van der Waals surface area contributed by atoms with Crippen LogP contribution in [-0.4, -0.2) is 45.9 Å². The number of amides is 2. The normalized spacial score (nSPS) is 16.4. The quantitative estimate of drug-likeness (QED) is 0.670. The standard InChI is InChI=1S/C21H22N4O3S/c1-13-3-6-20(27)25(13)7-8-28-17-9-16(11-22-12-17)15-4-5-18-19(10-15)29-21(24-18)23-14(2)26/h4-5,9-13H,3,6-8H2,1-2H3,(H,23,24,26). The van der Waals surface area contributed by atoms with Crippen molar-refractivity contribution in [3.05, 3.63) is 36.7 Å². The first-order valence-electron chi connectivity index (χ1n) is 9.55. The van der Waals surface area contributed by atoms with Gasteiger partial charge in [-0.3, -0.25) is 14.6 Å². The van der Waals surface area contributed by atoms with Gasteiger partial charge in [0.15, 0.2) is 5.13 Å². The number of hydrogen-bond acceptors (Lipinski definition) is 6. The maximum absolute atomic E-state index is 11.9. The van der Waals surface area contributed by atoms with Gasteiger partial charge in [0.05, 0.1) is 23.0 Å². The number of likely N-dealkylation sites (tertiary alicyclic amines) is 1. The summed E-state index contributed by atoms with van der Waals surface area (Å²) in [5.41, 5.74) is 2.77. The van der Waals surface area contributed by atoms with Crippen LogP contribution in [0.25, 0.3) is 21.3 Å². The largest absolute Gasteiger partial charge is 0.490 e. The fraction of sp³-hybridized carbons (Fsp3) is 0.333. The lowest BCUT2D eigenvalue weighted by Gasteiger charge is -2.21. The molecule has 1 unspecified atom stereocenters. The molecule has 1 atom stereocenters. The minimum absolute atomic E-state index is 0.136. The summed E-state index contributed by atoms with van der Waals surface area (Å²) < 4.78 is 6.83. The molecule has 8 heteroatoms. The highest BCUT2D eigenvalue weighted by atomic mass is 32.1. The van der Waals surface area contributed by atoms with E-state index in [9.17, 15) is 9.59 Å². The zero-order valence-electron chi connectivity index (χ0n) is 16.3. The molecule has 0 saturated carbocycles. The molecule has 29 heavy (non-hydrogen) atoms. The maximum atomic E-state index is 11.9. The molecule has 1 aliphatic rings. The number of aromatic nitrogens is 2. The zero-order chi connectivity index (χ0) is 20.4. The molecule has 2 amide bonds. The second-order valence-electron chi connectivity index (χ2n) is 7.12. The minimum Gasteiger partial charge on any atom is -0.490 e. The first-order valence-corrected chi connectivity index (χ1v) is 10.4. The average molecular weight is 410 g/mol. The highest BCUT2D eigenvalue weighted by Gasteiger charge is 2.26. The number of carbonyl (C=O) groups is 2. The Morgan fingerprint density at radius 3 is 2.93 bits per heavy atom. The lowest BCUT2D eigenvalue weighted by Crippen LogP contribution is -2.34. The van der Waals surface area contributed by atoms with Gasteiger partial charge in [-0.15, -0.1) is 0 Å². The fourth-order valence-corrected chi connectivity index (χ4v) is 4.40. The maximum Gasteiger partial charge on any atom is 0.223 e. The Morgan fingerprint density at radius 2 is 2.17 bits per heavy atom. The molecule has 7 nitrogen and oxygen atoms in total. The number of thiazole rings is 1. The van der Waals surface area contributed by atoms with Gasteiger partial charge in [-0.1, -0.05) is 17.4 Å². The predicted molar refractivity (Wildman–Crippen MR) is 113 cm³/mol. The van der Waals surface area contributed by atoms with Gasteiger partial charge in [0.25, 0.3) is 0 Å². The molecule has 1 aromatic carbocycles. The average Bonchev–Trinajstić information content (AvgIpc) is 3.24. The second-order valence-corrected chi connectivity index (χ2v) is 8.15. The van der Waals surface area contributed by atoms with Crippen LogP contribution >= 0.6 is 11.3 Å². The number of benzene rings is 1. The van der Waals surface area contributed by atoms with Crippen molar-refractivity contribution in [1.29, 1.82) is 0 Å². The molecule has 1 fully saturated rings. The SMILES string of the molecule is CC(=O)Nc1nc2ccc(-c3cncc(OCCN4C(=O)CCC4C)c3)cc2s1. The Morgan fingerprint density at radius 1 is 1.31 bits per heavy atom. The van der Waals surface area contributed by atoms with Crippen molar-refractivity contribution in [2.24, 2.45) is 0 Å². The van der Waals surface area contributed by atoms with E-state index in [0.29, 0.717) is 30.5 Å². The summed E-state index contributed by atoms with van der Waals surface area (Å²) in [5.74, 6) is 0.734. The Bertz CT molecular complexity index is 1070. The first kappa shape index (κ1) is 19.3. The third-order valence-electron chi connectivity index (χ3n) is 4.95. The van der Waals surface area contributed by atoms with Crippen molar-refractivity contribution >= 4 is 38.5 Å². The number of rotatable bonds is 6. The molecule has 0 bridgehead atoms. The van der Waals surface area contributed by atoms with Gasteiger partial charge in [-0.05, 0) is 37.1 Å². The third-order valence-corrected chi connectivity index (χ3v) is 5.88. The molecule has 0 radical (unpaired) electrons. The molecule has 2 aromatic heterocycles. The van der Waals surface area contributed by atoms with E-state index in [1.807, 2.05) is 29.2 Å². The van der Waals surface area contributed by atoms with Crippen molar-refractivity contribution < 1.29 is 14.3 Å². The highest BCUT2D eigenvalue weighted by molar-refractivity contribution is 7.22. The van der Waals surface area contributed by atoms with Crippen LogP contribution in [0.15, 0.2) is 36.7 Å². The van der Waals surface area contributed by atoms with E-state index in [0.717, 1.165) is 27.8 Å². The minimum atomic E-state index is -0.136. The third kappa shape index (κ3) is 4.37. The molecular formula is C21H22N4O3S.